The van der Waals surface area contributed by atoms with E-state index in [1.807, 2.05) is 0 Å². The molecular weight excluding hydrogens is 207 g/mol. The number of benzene rings is 1. The fourth-order valence-electron chi connectivity index (χ4n) is 1.13. The summed E-state index contributed by atoms with van der Waals surface area (Å²) in [5, 5.41) is 17.7. The molecule has 16 heavy (non-hydrogen) atoms. The highest BCUT2D eigenvalue weighted by molar-refractivity contribution is 6.58. The maximum atomic E-state index is 11.0. The number of esters is 1. The lowest BCUT2D eigenvalue weighted by Gasteiger charge is -1.99. The Labute approximate surface area is 94.3 Å². The zero-order valence-corrected chi connectivity index (χ0v) is 8.96. The summed E-state index contributed by atoms with van der Waals surface area (Å²) in [4.78, 5) is 11.0. The maximum Gasteiger partial charge on any atom is 0.488 e. The van der Waals surface area contributed by atoms with Gasteiger partial charge in [0, 0.05) is 6.08 Å². The quantitative estimate of drug-likeness (QED) is 0.424. The summed E-state index contributed by atoms with van der Waals surface area (Å²) in [6.45, 7) is 2.09. The van der Waals surface area contributed by atoms with Crippen molar-refractivity contribution < 1.29 is 19.6 Å². The SMILES string of the molecule is CCOC(=O)/C=C/c1ccc(B(O)O)cc1. The first-order valence-corrected chi connectivity index (χ1v) is 4.94. The molecule has 1 aromatic rings. The summed E-state index contributed by atoms with van der Waals surface area (Å²) in [7, 11) is -1.47. The summed E-state index contributed by atoms with van der Waals surface area (Å²) in [6.07, 6.45) is 2.93. The summed E-state index contributed by atoms with van der Waals surface area (Å²) < 4.78 is 4.72. The van der Waals surface area contributed by atoms with E-state index in [0.717, 1.165) is 5.56 Å². The first-order valence-electron chi connectivity index (χ1n) is 4.94. The van der Waals surface area contributed by atoms with Crippen molar-refractivity contribution in [3.63, 3.8) is 0 Å². The van der Waals surface area contributed by atoms with Gasteiger partial charge in [0.05, 0.1) is 6.61 Å². The van der Waals surface area contributed by atoms with Crippen molar-refractivity contribution >= 4 is 24.6 Å². The smallest absolute Gasteiger partial charge is 0.463 e. The topological polar surface area (TPSA) is 66.8 Å². The average molecular weight is 220 g/mol. The van der Waals surface area contributed by atoms with Gasteiger partial charge in [-0.2, -0.15) is 0 Å². The molecule has 0 aliphatic heterocycles. The van der Waals surface area contributed by atoms with Crippen LogP contribution >= 0.6 is 0 Å². The van der Waals surface area contributed by atoms with Crippen LogP contribution in [0.4, 0.5) is 0 Å². The molecule has 2 N–H and O–H groups in total. The second kappa shape index (κ2) is 6.10. The van der Waals surface area contributed by atoms with E-state index in [2.05, 4.69) is 0 Å². The molecule has 0 bridgehead atoms. The van der Waals surface area contributed by atoms with Gasteiger partial charge in [-0.15, -0.1) is 0 Å². The van der Waals surface area contributed by atoms with Gasteiger partial charge in [-0.25, -0.2) is 4.79 Å². The molecule has 4 nitrogen and oxygen atoms in total. The van der Waals surface area contributed by atoms with E-state index in [1.165, 1.54) is 6.08 Å². The standard InChI is InChI=1S/C11H13BO4/c1-2-16-11(13)8-5-9-3-6-10(7-4-9)12(14)15/h3-8,14-15H,2H2,1H3/b8-5+. The second-order valence-electron chi connectivity index (χ2n) is 3.13. The van der Waals surface area contributed by atoms with Crippen LogP contribution in [0.25, 0.3) is 6.08 Å². The Kier molecular flexibility index (Phi) is 4.76. The Morgan fingerprint density at radius 3 is 2.50 bits per heavy atom. The van der Waals surface area contributed by atoms with Gasteiger partial charge in [0.25, 0.3) is 0 Å². The van der Waals surface area contributed by atoms with Crippen LogP contribution in [0.5, 0.6) is 0 Å². The second-order valence-corrected chi connectivity index (χ2v) is 3.13. The number of carbonyl (C=O) groups excluding carboxylic acids is 1. The fraction of sp³-hybridized carbons (Fsp3) is 0.182. The molecule has 0 spiro atoms. The molecule has 0 aliphatic rings. The molecular formula is C11H13BO4. The summed E-state index contributed by atoms with van der Waals surface area (Å²) in [6, 6.07) is 6.53. The van der Waals surface area contributed by atoms with E-state index >= 15 is 0 Å². The van der Waals surface area contributed by atoms with Crippen LogP contribution in [0.1, 0.15) is 12.5 Å². The Morgan fingerprint density at radius 1 is 1.38 bits per heavy atom. The fourth-order valence-corrected chi connectivity index (χ4v) is 1.13. The first-order chi connectivity index (χ1) is 7.63. The third-order valence-electron chi connectivity index (χ3n) is 1.93. The van der Waals surface area contributed by atoms with Gasteiger partial charge in [-0.3, -0.25) is 0 Å². The number of hydrogen-bond donors (Lipinski definition) is 2. The summed E-state index contributed by atoms with van der Waals surface area (Å²) in [5.41, 5.74) is 1.20. The van der Waals surface area contributed by atoms with Gasteiger partial charge < -0.3 is 14.8 Å². The van der Waals surface area contributed by atoms with Crippen LogP contribution in [-0.2, 0) is 9.53 Å². The Bertz CT molecular complexity index is 370. The van der Waals surface area contributed by atoms with Crippen molar-refractivity contribution in [2.75, 3.05) is 6.61 Å². The predicted octanol–water partition coefficient (Wildman–Crippen LogP) is -0.0573. The van der Waals surface area contributed by atoms with Crippen molar-refractivity contribution in [3.8, 4) is 0 Å². The minimum absolute atomic E-state index is 0.346. The van der Waals surface area contributed by atoms with Gasteiger partial charge in [0.1, 0.15) is 0 Å². The Morgan fingerprint density at radius 2 is 2.00 bits per heavy atom. The molecule has 84 valence electrons. The van der Waals surface area contributed by atoms with Crippen molar-refractivity contribution in [3.05, 3.63) is 35.9 Å². The van der Waals surface area contributed by atoms with Gasteiger partial charge in [0.15, 0.2) is 0 Å². The molecule has 0 aromatic heterocycles. The van der Waals surface area contributed by atoms with Crippen molar-refractivity contribution in [2.45, 2.75) is 6.92 Å². The van der Waals surface area contributed by atoms with Gasteiger partial charge >= 0.3 is 13.1 Å². The molecule has 0 atom stereocenters. The summed E-state index contributed by atoms with van der Waals surface area (Å²) >= 11 is 0. The molecule has 0 saturated carbocycles. The Balaban J connectivity index is 2.65. The molecule has 0 radical (unpaired) electrons. The van der Waals surface area contributed by atoms with Crippen LogP contribution in [0, 0.1) is 0 Å². The molecule has 0 saturated heterocycles. The number of ether oxygens (including phenoxy) is 1. The highest BCUT2D eigenvalue weighted by atomic mass is 16.5. The van der Waals surface area contributed by atoms with Gasteiger partial charge in [0.2, 0.25) is 0 Å². The zero-order valence-electron chi connectivity index (χ0n) is 8.96. The predicted molar refractivity (Wildman–Crippen MR) is 61.9 cm³/mol. The monoisotopic (exact) mass is 220 g/mol. The van der Waals surface area contributed by atoms with E-state index in [1.54, 1.807) is 37.3 Å². The molecule has 1 rings (SSSR count). The highest BCUT2D eigenvalue weighted by Crippen LogP contribution is 2.00. The largest absolute Gasteiger partial charge is 0.488 e. The number of carbonyl (C=O) groups is 1. The number of rotatable bonds is 4. The van der Waals surface area contributed by atoms with E-state index in [9.17, 15) is 4.79 Å². The minimum Gasteiger partial charge on any atom is -0.463 e. The third kappa shape index (κ3) is 3.88. The van der Waals surface area contributed by atoms with Crippen LogP contribution in [-0.4, -0.2) is 29.7 Å². The lowest BCUT2D eigenvalue weighted by atomic mass is 9.80. The normalized spacial score (nSPS) is 10.4. The lowest BCUT2D eigenvalue weighted by molar-refractivity contribution is -0.137. The molecule has 5 heteroatoms. The van der Waals surface area contributed by atoms with Crippen molar-refractivity contribution in [2.24, 2.45) is 0 Å². The highest BCUT2D eigenvalue weighted by Gasteiger charge is 2.08. The minimum atomic E-state index is -1.47. The van der Waals surface area contributed by atoms with Crippen molar-refractivity contribution in [1.82, 2.24) is 0 Å². The average Bonchev–Trinajstić information content (AvgIpc) is 2.27. The van der Waals surface area contributed by atoms with E-state index in [0.29, 0.717) is 12.1 Å². The van der Waals surface area contributed by atoms with Crippen LogP contribution in [0.3, 0.4) is 0 Å². The maximum absolute atomic E-state index is 11.0. The van der Waals surface area contributed by atoms with Gasteiger partial charge in [-0.05, 0) is 24.0 Å². The first kappa shape index (κ1) is 12.5. The molecule has 0 fully saturated rings. The van der Waals surface area contributed by atoms with Crippen LogP contribution < -0.4 is 5.46 Å². The van der Waals surface area contributed by atoms with Crippen LogP contribution in [0.2, 0.25) is 0 Å². The number of hydrogen-bond acceptors (Lipinski definition) is 4. The van der Waals surface area contributed by atoms with Gasteiger partial charge in [-0.1, -0.05) is 24.3 Å². The lowest BCUT2D eigenvalue weighted by Crippen LogP contribution is -2.29. The molecule has 1 aromatic carbocycles. The summed E-state index contributed by atoms with van der Waals surface area (Å²) in [5.74, 6) is -0.395. The zero-order chi connectivity index (χ0) is 12.0. The molecule has 0 aliphatic carbocycles. The third-order valence-corrected chi connectivity index (χ3v) is 1.93. The van der Waals surface area contributed by atoms with E-state index < -0.39 is 13.1 Å². The molecule has 0 amide bonds. The molecule has 0 unspecified atom stereocenters. The Hall–Kier alpha value is -1.59. The van der Waals surface area contributed by atoms with Crippen molar-refractivity contribution in [1.29, 1.82) is 0 Å². The van der Waals surface area contributed by atoms with E-state index in [-0.39, 0.29) is 0 Å². The van der Waals surface area contributed by atoms with E-state index in [4.69, 9.17) is 14.8 Å². The van der Waals surface area contributed by atoms with Crippen LogP contribution in [0.15, 0.2) is 30.3 Å². The molecule has 0 heterocycles.